The van der Waals surface area contributed by atoms with E-state index >= 15 is 0 Å². The predicted octanol–water partition coefficient (Wildman–Crippen LogP) is 1.86. The highest BCUT2D eigenvalue weighted by molar-refractivity contribution is 7.92. The second-order valence-electron chi connectivity index (χ2n) is 4.88. The summed E-state index contributed by atoms with van der Waals surface area (Å²) in [6.07, 6.45) is 2.93. The molecule has 3 N–H and O–H groups in total. The normalized spacial score (nSPS) is 11.9. The highest BCUT2D eigenvalue weighted by Gasteiger charge is 2.20. The Kier molecular flexibility index (Phi) is 4.29. The minimum Gasteiger partial charge on any atom is -0.326 e. The van der Waals surface area contributed by atoms with Gasteiger partial charge in [-0.1, -0.05) is 6.07 Å². The first kappa shape index (κ1) is 15.5. The van der Waals surface area contributed by atoms with E-state index in [1.54, 1.807) is 10.9 Å². The zero-order valence-corrected chi connectivity index (χ0v) is 12.6. The van der Waals surface area contributed by atoms with E-state index in [-0.39, 0.29) is 18.3 Å². The lowest BCUT2D eigenvalue weighted by Crippen LogP contribution is -2.14. The molecule has 2 rings (SSSR count). The second-order valence-corrected chi connectivity index (χ2v) is 6.53. The molecular formula is C13H17FN4O2S. The van der Waals surface area contributed by atoms with E-state index in [0.29, 0.717) is 5.56 Å². The zero-order chi connectivity index (χ0) is 15.6. The summed E-state index contributed by atoms with van der Waals surface area (Å²) in [5.41, 5.74) is 6.20. The summed E-state index contributed by atoms with van der Waals surface area (Å²) in [5.74, 6) is -0.832. The van der Waals surface area contributed by atoms with Crippen molar-refractivity contribution in [3.8, 4) is 0 Å². The molecule has 1 aromatic carbocycles. The lowest BCUT2D eigenvalue weighted by atomic mass is 10.2. The first-order valence-corrected chi connectivity index (χ1v) is 7.87. The van der Waals surface area contributed by atoms with Gasteiger partial charge in [-0.3, -0.25) is 9.40 Å². The van der Waals surface area contributed by atoms with Gasteiger partial charge < -0.3 is 5.73 Å². The average Bonchev–Trinajstić information content (AvgIpc) is 2.86. The van der Waals surface area contributed by atoms with Gasteiger partial charge in [-0.2, -0.15) is 5.10 Å². The number of nitrogens with one attached hydrogen (secondary N) is 1. The van der Waals surface area contributed by atoms with Crippen molar-refractivity contribution >= 4 is 15.7 Å². The van der Waals surface area contributed by atoms with Gasteiger partial charge in [0.05, 0.1) is 11.9 Å². The summed E-state index contributed by atoms with van der Waals surface area (Å²) in [4.78, 5) is -0.419. The molecule has 0 spiro atoms. The van der Waals surface area contributed by atoms with Gasteiger partial charge >= 0.3 is 0 Å². The van der Waals surface area contributed by atoms with E-state index in [9.17, 15) is 12.8 Å². The molecule has 1 aromatic heterocycles. The van der Waals surface area contributed by atoms with Gasteiger partial charge in [-0.25, -0.2) is 12.8 Å². The number of rotatable bonds is 5. The Balaban J connectivity index is 2.29. The van der Waals surface area contributed by atoms with Crippen LogP contribution in [0.2, 0.25) is 0 Å². The third-order valence-corrected chi connectivity index (χ3v) is 4.32. The monoisotopic (exact) mass is 312 g/mol. The van der Waals surface area contributed by atoms with Crippen molar-refractivity contribution in [2.24, 2.45) is 5.73 Å². The molecule has 0 aliphatic carbocycles. The fraction of sp³-hybridized carbons (Fsp3) is 0.308. The van der Waals surface area contributed by atoms with Gasteiger partial charge in [0.1, 0.15) is 10.7 Å². The molecule has 0 saturated carbocycles. The van der Waals surface area contributed by atoms with Crippen LogP contribution in [-0.2, 0) is 16.6 Å². The fourth-order valence-electron chi connectivity index (χ4n) is 1.77. The van der Waals surface area contributed by atoms with Gasteiger partial charge in [0.15, 0.2) is 0 Å². The van der Waals surface area contributed by atoms with Crippen LogP contribution in [0.1, 0.15) is 25.5 Å². The molecule has 0 amide bonds. The quantitative estimate of drug-likeness (QED) is 0.882. The van der Waals surface area contributed by atoms with E-state index in [0.717, 1.165) is 6.07 Å². The number of hydrogen-bond acceptors (Lipinski definition) is 4. The Morgan fingerprint density at radius 3 is 2.67 bits per heavy atom. The summed E-state index contributed by atoms with van der Waals surface area (Å²) >= 11 is 0. The molecular weight excluding hydrogens is 295 g/mol. The fourth-order valence-corrected chi connectivity index (χ4v) is 2.86. The molecule has 0 aliphatic heterocycles. The van der Waals surface area contributed by atoms with Crippen molar-refractivity contribution < 1.29 is 12.8 Å². The van der Waals surface area contributed by atoms with Crippen LogP contribution >= 0.6 is 0 Å². The molecule has 1 heterocycles. The van der Waals surface area contributed by atoms with Gasteiger partial charge in [-0.05, 0) is 31.5 Å². The summed E-state index contributed by atoms with van der Waals surface area (Å²) in [6, 6.07) is 3.90. The number of hydrogen-bond donors (Lipinski definition) is 2. The minimum atomic E-state index is -4.00. The Morgan fingerprint density at radius 2 is 2.14 bits per heavy atom. The lowest BCUT2D eigenvalue weighted by Gasteiger charge is -2.08. The first-order chi connectivity index (χ1) is 9.83. The summed E-state index contributed by atoms with van der Waals surface area (Å²) < 4.78 is 42.1. The minimum absolute atomic E-state index is 0.101. The van der Waals surface area contributed by atoms with Crippen LogP contribution in [-0.4, -0.2) is 18.2 Å². The van der Waals surface area contributed by atoms with Crippen LogP contribution in [0.3, 0.4) is 0 Å². The maximum absolute atomic E-state index is 13.9. The highest BCUT2D eigenvalue weighted by Crippen LogP contribution is 2.20. The first-order valence-electron chi connectivity index (χ1n) is 6.39. The Morgan fingerprint density at radius 1 is 1.43 bits per heavy atom. The molecule has 2 aromatic rings. The molecule has 0 aliphatic rings. The van der Waals surface area contributed by atoms with Crippen LogP contribution in [0.15, 0.2) is 35.5 Å². The molecule has 0 saturated heterocycles. The van der Waals surface area contributed by atoms with Crippen molar-refractivity contribution in [2.75, 3.05) is 4.72 Å². The van der Waals surface area contributed by atoms with Crippen LogP contribution in [0, 0.1) is 5.82 Å². The van der Waals surface area contributed by atoms with Crippen LogP contribution in [0.4, 0.5) is 10.1 Å². The van der Waals surface area contributed by atoms with Crippen molar-refractivity contribution in [3.05, 3.63) is 42.0 Å². The average molecular weight is 312 g/mol. The molecule has 21 heavy (non-hydrogen) atoms. The van der Waals surface area contributed by atoms with Gasteiger partial charge in [0.25, 0.3) is 10.0 Å². The maximum atomic E-state index is 13.9. The van der Waals surface area contributed by atoms with Crippen molar-refractivity contribution in [2.45, 2.75) is 31.3 Å². The predicted molar refractivity (Wildman–Crippen MR) is 77.7 cm³/mol. The number of benzene rings is 1. The van der Waals surface area contributed by atoms with E-state index in [2.05, 4.69) is 9.82 Å². The van der Waals surface area contributed by atoms with E-state index in [1.807, 2.05) is 13.8 Å². The van der Waals surface area contributed by atoms with Crippen LogP contribution in [0.5, 0.6) is 0 Å². The topological polar surface area (TPSA) is 90.0 Å². The molecule has 8 heteroatoms. The molecule has 6 nitrogen and oxygen atoms in total. The van der Waals surface area contributed by atoms with E-state index in [1.165, 1.54) is 18.3 Å². The molecule has 0 unspecified atom stereocenters. The van der Waals surface area contributed by atoms with Crippen LogP contribution < -0.4 is 10.5 Å². The second kappa shape index (κ2) is 5.82. The Hall–Kier alpha value is -1.93. The van der Waals surface area contributed by atoms with Crippen LogP contribution in [0.25, 0.3) is 0 Å². The molecule has 0 fully saturated rings. The zero-order valence-electron chi connectivity index (χ0n) is 11.7. The highest BCUT2D eigenvalue weighted by atomic mass is 32.2. The molecule has 114 valence electrons. The lowest BCUT2D eigenvalue weighted by molar-refractivity contribution is 0.532. The standard InChI is InChI=1S/C13H17FN4O2S/c1-9(2)18-8-11(7-16-18)17-21(19,20)13-4-3-10(6-15)5-12(13)14/h3-5,7-9,17H,6,15H2,1-2H3. The molecule has 0 atom stereocenters. The van der Waals surface area contributed by atoms with E-state index in [4.69, 9.17) is 5.73 Å². The molecule has 0 radical (unpaired) electrons. The number of nitrogens with two attached hydrogens (primary N) is 1. The number of halogens is 1. The molecule has 0 bridgehead atoms. The number of sulfonamides is 1. The van der Waals surface area contributed by atoms with Gasteiger partial charge in [0.2, 0.25) is 0 Å². The van der Waals surface area contributed by atoms with Crippen molar-refractivity contribution in [3.63, 3.8) is 0 Å². The Bertz CT molecular complexity index is 740. The number of nitrogens with zero attached hydrogens (tertiary/aromatic N) is 2. The SMILES string of the molecule is CC(C)n1cc(NS(=O)(=O)c2ccc(CN)cc2F)cn1. The third kappa shape index (κ3) is 3.40. The maximum Gasteiger partial charge on any atom is 0.264 e. The summed E-state index contributed by atoms with van der Waals surface area (Å²) in [5, 5.41) is 4.02. The largest absolute Gasteiger partial charge is 0.326 e. The number of anilines is 1. The number of aromatic nitrogens is 2. The van der Waals surface area contributed by atoms with Gasteiger partial charge in [-0.15, -0.1) is 0 Å². The van der Waals surface area contributed by atoms with E-state index < -0.39 is 20.7 Å². The van der Waals surface area contributed by atoms with Crippen molar-refractivity contribution in [1.82, 2.24) is 9.78 Å². The third-order valence-electron chi connectivity index (χ3n) is 2.90. The Labute approximate surface area is 122 Å². The van der Waals surface area contributed by atoms with Gasteiger partial charge in [0, 0.05) is 18.8 Å². The summed E-state index contributed by atoms with van der Waals surface area (Å²) in [6.45, 7) is 3.97. The summed E-state index contributed by atoms with van der Waals surface area (Å²) in [7, 11) is -4.00. The smallest absolute Gasteiger partial charge is 0.264 e. The van der Waals surface area contributed by atoms with Crippen molar-refractivity contribution in [1.29, 1.82) is 0 Å².